The number of benzene rings is 2. The third-order valence-electron chi connectivity index (χ3n) is 3.21. The Bertz CT molecular complexity index is 895. The molecule has 0 fully saturated rings. The Morgan fingerprint density at radius 1 is 1.12 bits per heavy atom. The predicted molar refractivity (Wildman–Crippen MR) is 88.6 cm³/mol. The Kier molecular flexibility index (Phi) is 4.51. The number of carbonyl (C=O) groups excluding carboxylic acids is 1. The molecule has 0 aliphatic rings. The number of rotatable bonds is 6. The van der Waals surface area contributed by atoms with Gasteiger partial charge in [0, 0.05) is 5.69 Å². The lowest BCUT2D eigenvalue weighted by molar-refractivity contribution is -0.118. The minimum atomic E-state index is -0.535. The molecule has 0 spiro atoms. The van der Waals surface area contributed by atoms with E-state index in [0.717, 1.165) is 5.75 Å². The maximum atomic E-state index is 11.9. The zero-order valence-corrected chi connectivity index (χ0v) is 13.0. The van der Waals surface area contributed by atoms with E-state index in [-0.39, 0.29) is 12.5 Å². The average molecular weight is 328 g/mol. The normalized spacial score (nSPS) is 10.5. The van der Waals surface area contributed by atoms with Crippen molar-refractivity contribution in [1.82, 2.24) is 4.98 Å². The highest BCUT2D eigenvalue weighted by molar-refractivity contribution is 5.93. The molecule has 0 unspecified atom stereocenters. The van der Waals surface area contributed by atoms with Crippen molar-refractivity contribution < 1.29 is 18.7 Å². The number of anilines is 1. The van der Waals surface area contributed by atoms with Crippen LogP contribution < -0.4 is 20.5 Å². The number of H-pyrrole nitrogens is 1. The standard InChI is InChI=1S/C17H16N2O5/c1-2-22-12-4-6-13(7-5-12)23-10-16(20)18-11-3-8-15-14(9-11)19-17(21)24-15/h3-9H,2,10H2,1H3,(H,18,20)(H,19,21). The van der Waals surface area contributed by atoms with Crippen LogP contribution in [0.1, 0.15) is 6.92 Å². The zero-order chi connectivity index (χ0) is 16.9. The van der Waals surface area contributed by atoms with Gasteiger partial charge < -0.3 is 19.2 Å². The topological polar surface area (TPSA) is 93.6 Å². The summed E-state index contributed by atoms with van der Waals surface area (Å²) in [4.78, 5) is 25.6. The molecule has 7 heteroatoms. The van der Waals surface area contributed by atoms with Gasteiger partial charge in [-0.05, 0) is 49.4 Å². The fourth-order valence-corrected chi connectivity index (χ4v) is 2.17. The highest BCUT2D eigenvalue weighted by Gasteiger charge is 2.07. The molecular formula is C17H16N2O5. The van der Waals surface area contributed by atoms with E-state index < -0.39 is 5.76 Å². The Hall–Kier alpha value is -3.22. The van der Waals surface area contributed by atoms with Crippen molar-refractivity contribution in [3.05, 3.63) is 53.0 Å². The number of aromatic nitrogens is 1. The van der Waals surface area contributed by atoms with Crippen LogP contribution in [0.5, 0.6) is 11.5 Å². The molecule has 0 aliphatic heterocycles. The van der Waals surface area contributed by atoms with Crippen LogP contribution in [0.3, 0.4) is 0 Å². The van der Waals surface area contributed by atoms with Crippen LogP contribution in [-0.2, 0) is 4.79 Å². The van der Waals surface area contributed by atoms with Gasteiger partial charge in [-0.25, -0.2) is 4.79 Å². The van der Waals surface area contributed by atoms with Crippen LogP contribution in [0.4, 0.5) is 5.69 Å². The maximum Gasteiger partial charge on any atom is 0.417 e. The first kappa shape index (κ1) is 15.7. The van der Waals surface area contributed by atoms with E-state index in [1.165, 1.54) is 0 Å². The first-order valence-corrected chi connectivity index (χ1v) is 7.42. The summed E-state index contributed by atoms with van der Waals surface area (Å²) in [5, 5.41) is 2.69. The van der Waals surface area contributed by atoms with Crippen LogP contribution in [0.25, 0.3) is 11.1 Å². The lowest BCUT2D eigenvalue weighted by Crippen LogP contribution is -2.20. The Labute approximate surface area is 137 Å². The molecule has 0 saturated carbocycles. The van der Waals surface area contributed by atoms with Crippen molar-refractivity contribution in [3.63, 3.8) is 0 Å². The second-order valence-electron chi connectivity index (χ2n) is 4.97. The minimum Gasteiger partial charge on any atom is -0.494 e. The quantitative estimate of drug-likeness (QED) is 0.725. The summed E-state index contributed by atoms with van der Waals surface area (Å²) in [5.41, 5.74) is 1.49. The first-order valence-electron chi connectivity index (χ1n) is 7.42. The van der Waals surface area contributed by atoms with Crippen molar-refractivity contribution in [2.75, 3.05) is 18.5 Å². The third kappa shape index (κ3) is 3.75. The number of amides is 1. The predicted octanol–water partition coefficient (Wildman–Crippen LogP) is 2.54. The van der Waals surface area contributed by atoms with Gasteiger partial charge in [-0.2, -0.15) is 0 Å². The van der Waals surface area contributed by atoms with Gasteiger partial charge in [-0.15, -0.1) is 0 Å². The van der Waals surface area contributed by atoms with E-state index in [9.17, 15) is 9.59 Å². The molecule has 0 bridgehead atoms. The summed E-state index contributed by atoms with van der Waals surface area (Å²) in [6.45, 7) is 2.37. The summed E-state index contributed by atoms with van der Waals surface area (Å²) >= 11 is 0. The summed E-state index contributed by atoms with van der Waals surface area (Å²) in [6.07, 6.45) is 0. The Balaban J connectivity index is 1.57. The monoisotopic (exact) mass is 328 g/mol. The molecule has 2 aromatic carbocycles. The Morgan fingerprint density at radius 2 is 1.83 bits per heavy atom. The number of oxazole rings is 1. The zero-order valence-electron chi connectivity index (χ0n) is 13.0. The molecule has 3 rings (SSSR count). The molecular weight excluding hydrogens is 312 g/mol. The van der Waals surface area contributed by atoms with Gasteiger partial charge >= 0.3 is 5.76 Å². The molecule has 0 aliphatic carbocycles. The number of ether oxygens (including phenoxy) is 2. The third-order valence-corrected chi connectivity index (χ3v) is 3.21. The smallest absolute Gasteiger partial charge is 0.417 e. The van der Waals surface area contributed by atoms with E-state index in [1.54, 1.807) is 42.5 Å². The molecule has 7 nitrogen and oxygen atoms in total. The fraction of sp³-hybridized carbons (Fsp3) is 0.176. The van der Waals surface area contributed by atoms with Gasteiger partial charge in [0.25, 0.3) is 5.91 Å². The van der Waals surface area contributed by atoms with Crippen molar-refractivity contribution in [1.29, 1.82) is 0 Å². The number of hydrogen-bond donors (Lipinski definition) is 2. The van der Waals surface area contributed by atoms with Crippen molar-refractivity contribution in [3.8, 4) is 11.5 Å². The summed E-state index contributed by atoms with van der Waals surface area (Å²) in [5.74, 6) is 0.473. The van der Waals surface area contributed by atoms with Crippen LogP contribution >= 0.6 is 0 Å². The van der Waals surface area contributed by atoms with Crippen LogP contribution in [0.15, 0.2) is 51.7 Å². The highest BCUT2D eigenvalue weighted by Crippen LogP contribution is 2.18. The van der Waals surface area contributed by atoms with Gasteiger partial charge in [0.05, 0.1) is 12.1 Å². The van der Waals surface area contributed by atoms with Gasteiger partial charge in [0.1, 0.15) is 11.5 Å². The van der Waals surface area contributed by atoms with Crippen molar-refractivity contribution in [2.24, 2.45) is 0 Å². The van der Waals surface area contributed by atoms with Gasteiger partial charge in [0.2, 0.25) is 0 Å². The highest BCUT2D eigenvalue weighted by atomic mass is 16.5. The molecule has 1 aromatic heterocycles. The number of nitrogens with one attached hydrogen (secondary N) is 2. The summed E-state index contributed by atoms with van der Waals surface area (Å²) < 4.78 is 15.7. The molecule has 1 heterocycles. The lowest BCUT2D eigenvalue weighted by Gasteiger charge is -2.08. The van der Waals surface area contributed by atoms with Crippen molar-refractivity contribution >= 4 is 22.7 Å². The fourth-order valence-electron chi connectivity index (χ4n) is 2.17. The summed E-state index contributed by atoms with van der Waals surface area (Å²) in [7, 11) is 0. The van der Waals surface area contributed by atoms with Crippen molar-refractivity contribution in [2.45, 2.75) is 6.92 Å². The maximum absolute atomic E-state index is 11.9. The SMILES string of the molecule is CCOc1ccc(OCC(=O)Nc2ccc3oc(=O)[nH]c3c2)cc1. The number of aromatic amines is 1. The number of fused-ring (bicyclic) bond motifs is 1. The molecule has 0 radical (unpaired) electrons. The largest absolute Gasteiger partial charge is 0.494 e. The first-order chi connectivity index (χ1) is 11.6. The number of carbonyl (C=O) groups is 1. The Morgan fingerprint density at radius 3 is 2.54 bits per heavy atom. The molecule has 0 atom stereocenters. The van der Waals surface area contributed by atoms with Gasteiger partial charge in [-0.3, -0.25) is 9.78 Å². The van der Waals surface area contributed by atoms with Crippen LogP contribution in [0.2, 0.25) is 0 Å². The van der Waals surface area contributed by atoms with Gasteiger partial charge in [-0.1, -0.05) is 0 Å². The van der Waals surface area contributed by atoms with E-state index >= 15 is 0 Å². The number of hydrogen-bond acceptors (Lipinski definition) is 5. The average Bonchev–Trinajstić information content (AvgIpc) is 2.94. The molecule has 2 N–H and O–H groups in total. The second kappa shape index (κ2) is 6.91. The second-order valence-corrected chi connectivity index (χ2v) is 4.97. The van der Waals surface area contributed by atoms with Crippen LogP contribution in [-0.4, -0.2) is 24.1 Å². The van der Waals surface area contributed by atoms with E-state index in [0.29, 0.717) is 29.1 Å². The molecule has 124 valence electrons. The minimum absolute atomic E-state index is 0.131. The molecule has 3 aromatic rings. The van der Waals surface area contributed by atoms with E-state index in [2.05, 4.69) is 10.3 Å². The van der Waals surface area contributed by atoms with E-state index in [4.69, 9.17) is 13.9 Å². The lowest BCUT2D eigenvalue weighted by atomic mass is 10.3. The summed E-state index contributed by atoms with van der Waals surface area (Å²) in [6, 6.07) is 11.9. The molecule has 0 saturated heterocycles. The molecule has 1 amide bonds. The van der Waals surface area contributed by atoms with E-state index in [1.807, 2.05) is 6.92 Å². The van der Waals surface area contributed by atoms with Crippen LogP contribution in [0, 0.1) is 0 Å². The molecule has 24 heavy (non-hydrogen) atoms. The van der Waals surface area contributed by atoms with Gasteiger partial charge in [0.15, 0.2) is 12.2 Å².